The second-order valence-electron chi connectivity index (χ2n) is 5.52. The van der Waals surface area contributed by atoms with Crippen LogP contribution in [-0.2, 0) is 16.1 Å². The minimum Gasteiger partial charge on any atom is -0.496 e. The van der Waals surface area contributed by atoms with Crippen molar-refractivity contribution in [3.05, 3.63) is 59.9 Å². The van der Waals surface area contributed by atoms with Gasteiger partial charge in [-0.15, -0.1) is 0 Å². The van der Waals surface area contributed by atoms with E-state index in [1.807, 2.05) is 31.2 Å². The van der Waals surface area contributed by atoms with Crippen molar-refractivity contribution in [1.82, 2.24) is 9.55 Å². The molecule has 2 aromatic carbocycles. The predicted octanol–water partition coefficient (Wildman–Crippen LogP) is 2.78. The number of methoxy groups -OCH3 is 1. The van der Waals surface area contributed by atoms with E-state index in [2.05, 4.69) is 4.98 Å². The van der Waals surface area contributed by atoms with Crippen LogP contribution in [0, 0.1) is 6.92 Å². The molecule has 6 nitrogen and oxygen atoms in total. The Morgan fingerprint density at radius 2 is 1.80 bits per heavy atom. The lowest BCUT2D eigenvalue weighted by Crippen LogP contribution is -2.19. The zero-order valence-corrected chi connectivity index (χ0v) is 14.1. The highest BCUT2D eigenvalue weighted by Crippen LogP contribution is 2.18. The van der Waals surface area contributed by atoms with Crippen molar-refractivity contribution in [2.75, 3.05) is 13.7 Å². The van der Waals surface area contributed by atoms with Gasteiger partial charge in [0.2, 0.25) is 5.78 Å². The van der Waals surface area contributed by atoms with Gasteiger partial charge in [-0.25, -0.2) is 4.98 Å². The number of rotatable bonds is 6. The molecule has 0 aliphatic carbocycles. The molecule has 0 spiro atoms. The first kappa shape index (κ1) is 16.7. The summed E-state index contributed by atoms with van der Waals surface area (Å²) in [6.45, 7) is 1.50. The zero-order valence-electron chi connectivity index (χ0n) is 14.1. The average molecular weight is 338 g/mol. The van der Waals surface area contributed by atoms with Crippen LogP contribution < -0.4 is 4.74 Å². The summed E-state index contributed by atoms with van der Waals surface area (Å²) in [7, 11) is 1.49. The Hall–Kier alpha value is -3.15. The first-order valence-electron chi connectivity index (χ1n) is 7.84. The van der Waals surface area contributed by atoms with Gasteiger partial charge < -0.3 is 14.0 Å². The predicted molar refractivity (Wildman–Crippen MR) is 92.8 cm³/mol. The van der Waals surface area contributed by atoms with Crippen molar-refractivity contribution in [2.24, 2.45) is 0 Å². The average Bonchev–Trinajstić information content (AvgIpc) is 2.95. The highest BCUT2D eigenvalue weighted by atomic mass is 16.5. The number of nitrogens with zero attached hydrogens (tertiary/aromatic N) is 2. The first-order chi connectivity index (χ1) is 12.1. The van der Waals surface area contributed by atoms with E-state index in [4.69, 9.17) is 9.47 Å². The number of ether oxygens (including phenoxy) is 2. The zero-order chi connectivity index (χ0) is 17.8. The maximum Gasteiger partial charge on any atom is 0.326 e. The monoisotopic (exact) mass is 338 g/mol. The molecule has 25 heavy (non-hydrogen) atoms. The van der Waals surface area contributed by atoms with Gasteiger partial charge in [0.1, 0.15) is 18.1 Å². The van der Waals surface area contributed by atoms with Crippen LogP contribution in [0.1, 0.15) is 16.2 Å². The number of carbonyl (C=O) groups excluding carboxylic acids is 2. The lowest BCUT2D eigenvalue weighted by atomic mass is 10.1. The summed E-state index contributed by atoms with van der Waals surface area (Å²) in [6, 6.07) is 14.4. The lowest BCUT2D eigenvalue weighted by molar-refractivity contribution is -0.143. The van der Waals surface area contributed by atoms with Gasteiger partial charge in [-0.1, -0.05) is 24.3 Å². The molecule has 3 aromatic rings. The van der Waals surface area contributed by atoms with E-state index in [9.17, 15) is 9.59 Å². The Kier molecular flexibility index (Phi) is 4.79. The fourth-order valence-corrected chi connectivity index (χ4v) is 2.67. The molecule has 0 saturated heterocycles. The molecule has 128 valence electrons. The molecule has 1 aromatic heterocycles. The molecule has 0 amide bonds. The fraction of sp³-hybridized carbons (Fsp3) is 0.211. The van der Waals surface area contributed by atoms with Crippen molar-refractivity contribution in [1.29, 1.82) is 0 Å². The lowest BCUT2D eigenvalue weighted by Gasteiger charge is -2.09. The summed E-state index contributed by atoms with van der Waals surface area (Å²) < 4.78 is 12.1. The number of Topliss-reactive ketones (excluding diaryl/α,β-unsaturated/α-hetero) is 1. The number of aromatic nitrogens is 2. The third-order valence-corrected chi connectivity index (χ3v) is 3.90. The van der Waals surface area contributed by atoms with Gasteiger partial charge in [0.05, 0.1) is 23.7 Å². The van der Waals surface area contributed by atoms with E-state index >= 15 is 0 Å². The van der Waals surface area contributed by atoms with E-state index in [1.54, 1.807) is 28.8 Å². The number of carbonyl (C=O) groups is 2. The van der Waals surface area contributed by atoms with E-state index in [0.717, 1.165) is 11.0 Å². The summed E-state index contributed by atoms with van der Waals surface area (Å²) in [4.78, 5) is 28.8. The Labute approximate surface area is 145 Å². The molecular weight excluding hydrogens is 320 g/mol. The van der Waals surface area contributed by atoms with Gasteiger partial charge in [-0.05, 0) is 31.2 Å². The molecule has 0 radical (unpaired) electrons. The standard InChI is InChI=1S/C19H18N2O4/c1-13-20-15-8-4-5-9-16(15)21(13)11-19(23)25-12-17(22)14-7-3-6-10-18(14)24-2/h3-10H,11-12H2,1-2H3. The SMILES string of the molecule is COc1ccccc1C(=O)COC(=O)Cn1c(C)nc2ccccc21. The number of benzene rings is 2. The Morgan fingerprint density at radius 3 is 2.60 bits per heavy atom. The number of fused-ring (bicyclic) bond motifs is 1. The fourth-order valence-electron chi connectivity index (χ4n) is 2.67. The Bertz CT molecular complexity index is 930. The van der Waals surface area contributed by atoms with Gasteiger partial charge in [-0.3, -0.25) is 9.59 Å². The van der Waals surface area contributed by atoms with Crippen molar-refractivity contribution in [3.8, 4) is 5.75 Å². The topological polar surface area (TPSA) is 70.4 Å². The quantitative estimate of drug-likeness (QED) is 0.510. The molecule has 6 heteroatoms. The molecule has 0 bridgehead atoms. The van der Waals surface area contributed by atoms with Crippen LogP contribution in [-0.4, -0.2) is 35.0 Å². The highest BCUT2D eigenvalue weighted by Gasteiger charge is 2.16. The van der Waals surface area contributed by atoms with Gasteiger partial charge in [-0.2, -0.15) is 0 Å². The van der Waals surface area contributed by atoms with Gasteiger partial charge in [0.15, 0.2) is 6.61 Å². The van der Waals surface area contributed by atoms with Crippen molar-refractivity contribution in [3.63, 3.8) is 0 Å². The molecule has 0 aliphatic heterocycles. The summed E-state index contributed by atoms with van der Waals surface area (Å²) >= 11 is 0. The van der Waals surface area contributed by atoms with E-state index in [-0.39, 0.29) is 18.9 Å². The van der Waals surface area contributed by atoms with Gasteiger partial charge in [0, 0.05) is 0 Å². The maximum absolute atomic E-state index is 12.2. The molecule has 0 unspecified atom stereocenters. The molecule has 1 heterocycles. The maximum atomic E-state index is 12.2. The Balaban J connectivity index is 1.67. The van der Waals surface area contributed by atoms with Crippen LogP contribution in [0.15, 0.2) is 48.5 Å². The number of esters is 1. The van der Waals surface area contributed by atoms with Crippen LogP contribution in [0.2, 0.25) is 0 Å². The summed E-state index contributed by atoms with van der Waals surface area (Å²) in [6.07, 6.45) is 0. The van der Waals surface area contributed by atoms with Crippen molar-refractivity contribution in [2.45, 2.75) is 13.5 Å². The van der Waals surface area contributed by atoms with Crippen LogP contribution in [0.25, 0.3) is 11.0 Å². The van der Waals surface area contributed by atoms with Crippen LogP contribution >= 0.6 is 0 Å². The van der Waals surface area contributed by atoms with Gasteiger partial charge in [0.25, 0.3) is 0 Å². The summed E-state index contributed by atoms with van der Waals surface area (Å²) in [5.74, 6) is 0.377. The largest absolute Gasteiger partial charge is 0.496 e. The van der Waals surface area contributed by atoms with Crippen molar-refractivity contribution >= 4 is 22.8 Å². The van der Waals surface area contributed by atoms with E-state index in [0.29, 0.717) is 17.1 Å². The number of hydrogen-bond donors (Lipinski definition) is 0. The van der Waals surface area contributed by atoms with Gasteiger partial charge >= 0.3 is 5.97 Å². The molecule has 0 aliphatic rings. The second kappa shape index (κ2) is 7.17. The first-order valence-corrected chi connectivity index (χ1v) is 7.84. The number of ketones is 1. The number of para-hydroxylation sites is 3. The van der Waals surface area contributed by atoms with Crippen LogP contribution in [0.4, 0.5) is 0 Å². The smallest absolute Gasteiger partial charge is 0.326 e. The highest BCUT2D eigenvalue weighted by molar-refractivity contribution is 6.00. The minimum atomic E-state index is -0.491. The second-order valence-corrected chi connectivity index (χ2v) is 5.52. The molecule has 3 rings (SSSR count). The molecular formula is C19H18N2O4. The molecule has 0 saturated carbocycles. The number of imidazole rings is 1. The summed E-state index contributed by atoms with van der Waals surface area (Å²) in [5.41, 5.74) is 2.06. The minimum absolute atomic E-state index is 0.00551. The van der Waals surface area contributed by atoms with Crippen molar-refractivity contribution < 1.29 is 19.1 Å². The summed E-state index contributed by atoms with van der Waals surface area (Å²) in [5, 5.41) is 0. The van der Waals surface area contributed by atoms with Crippen LogP contribution in [0.5, 0.6) is 5.75 Å². The molecule has 0 fully saturated rings. The Morgan fingerprint density at radius 1 is 1.08 bits per heavy atom. The third-order valence-electron chi connectivity index (χ3n) is 3.90. The molecule has 0 atom stereocenters. The van der Waals surface area contributed by atoms with Crippen LogP contribution in [0.3, 0.4) is 0 Å². The van der Waals surface area contributed by atoms with E-state index in [1.165, 1.54) is 7.11 Å². The number of hydrogen-bond acceptors (Lipinski definition) is 5. The normalized spacial score (nSPS) is 10.6. The van der Waals surface area contributed by atoms with E-state index < -0.39 is 5.97 Å². The molecule has 0 N–H and O–H groups in total. The number of aryl methyl sites for hydroxylation is 1. The third kappa shape index (κ3) is 3.52.